The second-order valence-electron chi connectivity index (χ2n) is 3.32. The highest BCUT2D eigenvalue weighted by Crippen LogP contribution is 2.07. The van der Waals surface area contributed by atoms with E-state index in [1.165, 1.54) is 5.56 Å². The highest BCUT2D eigenvalue weighted by Gasteiger charge is 1.95. The first-order valence-electron chi connectivity index (χ1n) is 5.09. The summed E-state index contributed by atoms with van der Waals surface area (Å²) >= 11 is 0. The molecule has 0 unspecified atom stereocenters. The fourth-order valence-corrected chi connectivity index (χ4v) is 1.13. The Morgan fingerprint density at radius 1 is 1.24 bits per heavy atom. The molecule has 1 aromatic rings. The molecule has 6 heteroatoms. The number of halogens is 1. The first kappa shape index (κ1) is 15.2. The van der Waals surface area contributed by atoms with Crippen molar-refractivity contribution in [3.8, 4) is 0 Å². The Balaban J connectivity index is 0.00000256. The topological polar surface area (TPSA) is 88.8 Å². The highest BCUT2D eigenvalue weighted by atomic mass is 35.5. The maximum atomic E-state index is 5.65. The normalized spacial score (nSPS) is 11.9. The van der Waals surface area contributed by atoms with Crippen LogP contribution in [-0.2, 0) is 0 Å². The van der Waals surface area contributed by atoms with E-state index in [1.807, 2.05) is 38.1 Å². The quantitative estimate of drug-likeness (QED) is 0.552. The van der Waals surface area contributed by atoms with Gasteiger partial charge in [-0.15, -0.1) is 12.4 Å². The molecule has 0 amide bonds. The average Bonchev–Trinajstić information content (AvgIpc) is 2.21. The summed E-state index contributed by atoms with van der Waals surface area (Å²) in [6, 6.07) is 7.81. The minimum atomic E-state index is 0. The van der Waals surface area contributed by atoms with Crippen LogP contribution in [0.3, 0.4) is 0 Å². The van der Waals surface area contributed by atoms with E-state index in [1.54, 1.807) is 0 Å². The molecule has 0 aliphatic rings. The Hall–Kier alpha value is -1.75. The van der Waals surface area contributed by atoms with Crippen LogP contribution in [0, 0.1) is 6.92 Å². The van der Waals surface area contributed by atoms with Crippen molar-refractivity contribution in [2.45, 2.75) is 13.8 Å². The Kier molecular flexibility index (Phi) is 6.74. The molecule has 5 nitrogen and oxygen atoms in total. The third kappa shape index (κ3) is 5.77. The number of aryl methyl sites for hydroxylation is 1. The van der Waals surface area contributed by atoms with Crippen molar-refractivity contribution in [2.75, 3.05) is 11.9 Å². The molecular formula is C11H18ClN5. The smallest absolute Gasteiger partial charge is 0.218 e. The summed E-state index contributed by atoms with van der Waals surface area (Å²) in [5, 5.41) is 2.93. The van der Waals surface area contributed by atoms with Crippen molar-refractivity contribution in [3.05, 3.63) is 29.8 Å². The van der Waals surface area contributed by atoms with E-state index in [4.69, 9.17) is 11.5 Å². The van der Waals surface area contributed by atoms with Crippen LogP contribution in [0.5, 0.6) is 0 Å². The molecule has 17 heavy (non-hydrogen) atoms. The number of rotatable bonds is 2. The Bertz CT molecular complexity index is 397. The number of hydrogen-bond donors (Lipinski definition) is 3. The highest BCUT2D eigenvalue weighted by molar-refractivity contribution is 6.00. The van der Waals surface area contributed by atoms with Crippen molar-refractivity contribution < 1.29 is 0 Å². The van der Waals surface area contributed by atoms with Gasteiger partial charge in [-0.3, -0.25) is 4.99 Å². The molecule has 94 valence electrons. The van der Waals surface area contributed by atoms with Crippen LogP contribution in [0.2, 0.25) is 0 Å². The number of nitrogens with zero attached hydrogens (tertiary/aromatic N) is 2. The molecule has 1 aromatic carbocycles. The minimum absolute atomic E-state index is 0. The van der Waals surface area contributed by atoms with Gasteiger partial charge in [0, 0.05) is 12.2 Å². The number of aliphatic imine (C=N–C) groups is 2. The predicted molar refractivity (Wildman–Crippen MR) is 75.8 cm³/mol. The summed E-state index contributed by atoms with van der Waals surface area (Å²) < 4.78 is 0. The van der Waals surface area contributed by atoms with Gasteiger partial charge in [0.25, 0.3) is 0 Å². The van der Waals surface area contributed by atoms with Crippen LogP contribution < -0.4 is 16.8 Å². The van der Waals surface area contributed by atoms with Gasteiger partial charge in [-0.2, -0.15) is 4.99 Å². The van der Waals surface area contributed by atoms with Gasteiger partial charge in [-0.25, -0.2) is 0 Å². The molecule has 1 rings (SSSR count). The zero-order valence-electron chi connectivity index (χ0n) is 9.97. The predicted octanol–water partition coefficient (Wildman–Crippen LogP) is 1.48. The van der Waals surface area contributed by atoms with Crippen LogP contribution in [0.15, 0.2) is 34.3 Å². The molecule has 0 aromatic heterocycles. The maximum absolute atomic E-state index is 5.65. The number of benzene rings is 1. The second-order valence-corrected chi connectivity index (χ2v) is 3.32. The summed E-state index contributed by atoms with van der Waals surface area (Å²) in [6.45, 7) is 4.49. The molecule has 0 heterocycles. The van der Waals surface area contributed by atoms with Crippen molar-refractivity contribution in [3.63, 3.8) is 0 Å². The molecule has 0 fully saturated rings. The SMILES string of the molecule is CCN=C(N)/N=C(\N)Nc1ccc(C)cc1.Cl. The molecule has 0 saturated carbocycles. The van der Waals surface area contributed by atoms with Crippen molar-refractivity contribution >= 4 is 30.0 Å². The van der Waals surface area contributed by atoms with Crippen LogP contribution in [0.25, 0.3) is 0 Å². The third-order valence-electron chi connectivity index (χ3n) is 1.88. The maximum Gasteiger partial charge on any atom is 0.218 e. The molecule has 0 saturated heterocycles. The van der Waals surface area contributed by atoms with Gasteiger partial charge in [0.1, 0.15) is 0 Å². The Morgan fingerprint density at radius 2 is 1.82 bits per heavy atom. The average molecular weight is 256 g/mol. The molecule has 5 N–H and O–H groups in total. The molecular weight excluding hydrogens is 238 g/mol. The number of anilines is 1. The number of guanidine groups is 2. The second kappa shape index (κ2) is 7.51. The first-order chi connectivity index (χ1) is 7.61. The molecule has 0 atom stereocenters. The number of hydrogen-bond acceptors (Lipinski definition) is 1. The lowest BCUT2D eigenvalue weighted by atomic mass is 10.2. The van der Waals surface area contributed by atoms with Gasteiger partial charge in [0.15, 0.2) is 0 Å². The van der Waals surface area contributed by atoms with Gasteiger partial charge in [-0.05, 0) is 26.0 Å². The lowest BCUT2D eigenvalue weighted by Crippen LogP contribution is -2.26. The monoisotopic (exact) mass is 255 g/mol. The van der Waals surface area contributed by atoms with Gasteiger partial charge in [0.05, 0.1) is 0 Å². The minimum Gasteiger partial charge on any atom is -0.369 e. The van der Waals surface area contributed by atoms with Gasteiger partial charge < -0.3 is 16.8 Å². The summed E-state index contributed by atoms with van der Waals surface area (Å²) in [7, 11) is 0. The molecule has 0 aliphatic heterocycles. The first-order valence-corrected chi connectivity index (χ1v) is 5.09. The number of nitrogens with two attached hydrogens (primary N) is 2. The van der Waals surface area contributed by atoms with E-state index in [-0.39, 0.29) is 24.3 Å². The van der Waals surface area contributed by atoms with Crippen LogP contribution >= 0.6 is 12.4 Å². The Labute approximate surface area is 107 Å². The van der Waals surface area contributed by atoms with E-state index in [2.05, 4.69) is 15.3 Å². The number of nitrogens with one attached hydrogen (secondary N) is 1. The summed E-state index contributed by atoms with van der Waals surface area (Å²) in [4.78, 5) is 7.80. The third-order valence-corrected chi connectivity index (χ3v) is 1.88. The fourth-order valence-electron chi connectivity index (χ4n) is 1.13. The largest absolute Gasteiger partial charge is 0.369 e. The molecule has 0 spiro atoms. The van der Waals surface area contributed by atoms with Gasteiger partial charge in [-0.1, -0.05) is 17.7 Å². The van der Waals surface area contributed by atoms with Crippen molar-refractivity contribution in [1.29, 1.82) is 0 Å². The van der Waals surface area contributed by atoms with Crippen molar-refractivity contribution in [2.24, 2.45) is 21.5 Å². The van der Waals surface area contributed by atoms with E-state index in [9.17, 15) is 0 Å². The van der Waals surface area contributed by atoms with Crippen LogP contribution in [0.4, 0.5) is 5.69 Å². The lowest BCUT2D eigenvalue weighted by molar-refractivity contribution is 1.11. The summed E-state index contributed by atoms with van der Waals surface area (Å²) in [5.41, 5.74) is 13.2. The zero-order valence-corrected chi connectivity index (χ0v) is 10.8. The molecule has 0 radical (unpaired) electrons. The zero-order chi connectivity index (χ0) is 12.0. The van der Waals surface area contributed by atoms with Crippen molar-refractivity contribution in [1.82, 2.24) is 0 Å². The van der Waals surface area contributed by atoms with Gasteiger partial charge >= 0.3 is 0 Å². The lowest BCUT2D eigenvalue weighted by Gasteiger charge is -2.05. The van der Waals surface area contributed by atoms with Crippen LogP contribution in [0.1, 0.15) is 12.5 Å². The fraction of sp³-hybridized carbons (Fsp3) is 0.273. The van der Waals surface area contributed by atoms with E-state index >= 15 is 0 Å². The molecule has 0 aliphatic carbocycles. The molecule has 0 bridgehead atoms. The Morgan fingerprint density at radius 3 is 2.35 bits per heavy atom. The summed E-state index contributed by atoms with van der Waals surface area (Å²) in [5.74, 6) is 0.415. The van der Waals surface area contributed by atoms with Crippen LogP contribution in [-0.4, -0.2) is 18.5 Å². The standard InChI is InChI=1S/C11H17N5.ClH/c1-3-14-10(12)16-11(13)15-9-6-4-8(2)5-7-9;/h4-7H,3H2,1-2H3,(H5,12,13,14,15,16);1H. The summed E-state index contributed by atoms with van der Waals surface area (Å²) in [6.07, 6.45) is 0. The van der Waals surface area contributed by atoms with Gasteiger partial charge in [0.2, 0.25) is 11.9 Å². The van der Waals surface area contributed by atoms with E-state index in [0.717, 1.165) is 5.69 Å². The van der Waals surface area contributed by atoms with E-state index in [0.29, 0.717) is 6.54 Å². The van der Waals surface area contributed by atoms with E-state index < -0.39 is 0 Å².